The van der Waals surface area contributed by atoms with Gasteiger partial charge in [-0.25, -0.2) is 9.59 Å². The minimum Gasteiger partial charge on any atom is -0.478 e. The lowest BCUT2D eigenvalue weighted by Gasteiger charge is -2.08. The van der Waals surface area contributed by atoms with Gasteiger partial charge in [0.15, 0.2) is 5.78 Å². The highest BCUT2D eigenvalue weighted by molar-refractivity contribution is 6.12. The number of non-ortho nitro benzene ring substituents is 1. The van der Waals surface area contributed by atoms with Gasteiger partial charge in [-0.2, -0.15) is 0 Å². The van der Waals surface area contributed by atoms with E-state index in [1.807, 2.05) is 0 Å². The molecule has 10 nitrogen and oxygen atoms in total. The van der Waals surface area contributed by atoms with Crippen molar-refractivity contribution in [1.82, 2.24) is 0 Å². The Morgan fingerprint density at radius 1 is 0.750 bits per heavy atom. The summed E-state index contributed by atoms with van der Waals surface area (Å²) in [6, 6.07) is 14.1. The van der Waals surface area contributed by atoms with Gasteiger partial charge in [0.25, 0.3) is 11.6 Å². The second-order valence-electron chi connectivity index (χ2n) is 6.54. The van der Waals surface area contributed by atoms with Crippen LogP contribution in [0.15, 0.2) is 66.7 Å². The first-order valence-electron chi connectivity index (χ1n) is 8.98. The van der Waals surface area contributed by atoms with Crippen LogP contribution < -0.4 is 5.32 Å². The zero-order valence-corrected chi connectivity index (χ0v) is 16.1. The van der Waals surface area contributed by atoms with Gasteiger partial charge in [-0.15, -0.1) is 0 Å². The summed E-state index contributed by atoms with van der Waals surface area (Å²) in [5.74, 6) is -4.02. The lowest BCUT2D eigenvalue weighted by molar-refractivity contribution is -0.384. The highest BCUT2D eigenvalue weighted by Gasteiger charge is 2.19. The number of carbonyl (C=O) groups excluding carboxylic acids is 2. The molecule has 0 saturated carbocycles. The number of nitrogens with zero attached hydrogens (tertiary/aromatic N) is 1. The second-order valence-corrected chi connectivity index (χ2v) is 6.54. The second kappa shape index (κ2) is 8.88. The van der Waals surface area contributed by atoms with Crippen LogP contribution in [0.25, 0.3) is 0 Å². The molecule has 0 aliphatic heterocycles. The van der Waals surface area contributed by atoms with Crippen LogP contribution in [0.1, 0.15) is 47.0 Å². The molecular weight excluding hydrogens is 420 g/mol. The monoisotopic (exact) mass is 434 g/mol. The number of hydrogen-bond donors (Lipinski definition) is 3. The summed E-state index contributed by atoms with van der Waals surface area (Å²) in [5, 5.41) is 31.7. The van der Waals surface area contributed by atoms with Crippen molar-refractivity contribution >= 4 is 35.0 Å². The molecule has 0 bridgehead atoms. The number of ketones is 1. The van der Waals surface area contributed by atoms with Gasteiger partial charge in [-0.3, -0.25) is 19.7 Å². The molecule has 10 heteroatoms. The number of aromatic carboxylic acids is 2. The molecule has 0 fully saturated rings. The van der Waals surface area contributed by atoms with Gasteiger partial charge in [-0.1, -0.05) is 12.1 Å². The molecule has 0 aliphatic carbocycles. The van der Waals surface area contributed by atoms with Crippen molar-refractivity contribution < 1.29 is 34.3 Å². The van der Waals surface area contributed by atoms with Crippen molar-refractivity contribution in [2.24, 2.45) is 0 Å². The third-order valence-electron chi connectivity index (χ3n) is 4.47. The summed E-state index contributed by atoms with van der Waals surface area (Å²) in [5.41, 5.74) is -0.603. The summed E-state index contributed by atoms with van der Waals surface area (Å²) in [6.45, 7) is 0. The number of carboxylic acid groups (broad SMARTS) is 2. The fourth-order valence-electron chi connectivity index (χ4n) is 2.88. The standard InChI is InChI=1S/C22H14N2O8/c25-19(13-6-9-17(21(27)28)18(11-13)22(29)30)12-4-7-15(8-5-12)23-20(26)14-2-1-3-16(10-14)24(31)32/h1-11H,(H,23,26)(H,27,28)(H,29,30). The van der Waals surface area contributed by atoms with E-state index in [0.29, 0.717) is 5.69 Å². The molecule has 3 aromatic rings. The smallest absolute Gasteiger partial charge is 0.336 e. The van der Waals surface area contributed by atoms with Crippen molar-refractivity contribution in [1.29, 1.82) is 0 Å². The Labute approximate surface area is 179 Å². The Morgan fingerprint density at radius 2 is 1.38 bits per heavy atom. The Hall–Kier alpha value is -4.86. The molecule has 0 saturated heterocycles. The Kier molecular flexibility index (Phi) is 6.06. The van der Waals surface area contributed by atoms with Gasteiger partial charge in [0, 0.05) is 34.5 Å². The molecule has 3 rings (SSSR count). The molecular formula is C22H14N2O8. The maximum atomic E-state index is 12.7. The fourth-order valence-corrected chi connectivity index (χ4v) is 2.88. The van der Waals surface area contributed by atoms with Crippen molar-refractivity contribution in [3.8, 4) is 0 Å². The van der Waals surface area contributed by atoms with Gasteiger partial charge in [-0.05, 0) is 42.5 Å². The number of carboxylic acids is 2. The molecule has 3 aromatic carbocycles. The number of carbonyl (C=O) groups is 4. The third kappa shape index (κ3) is 4.65. The number of benzene rings is 3. The van der Waals surface area contributed by atoms with Crippen molar-refractivity contribution in [2.45, 2.75) is 0 Å². The number of nitro groups is 1. The number of hydrogen-bond acceptors (Lipinski definition) is 6. The number of rotatable bonds is 7. The van der Waals surface area contributed by atoms with Gasteiger partial charge >= 0.3 is 11.9 Å². The number of nitrogens with one attached hydrogen (secondary N) is 1. The van der Waals surface area contributed by atoms with Crippen molar-refractivity contribution in [2.75, 3.05) is 5.32 Å². The normalized spacial score (nSPS) is 10.2. The maximum Gasteiger partial charge on any atom is 0.336 e. The van der Waals surface area contributed by atoms with Crippen LogP contribution in [0.5, 0.6) is 0 Å². The SMILES string of the molecule is O=C(Nc1ccc(C(=O)c2ccc(C(=O)O)c(C(=O)O)c2)cc1)c1cccc([N+](=O)[O-])c1. The summed E-state index contributed by atoms with van der Waals surface area (Å²) < 4.78 is 0. The Bertz CT molecular complexity index is 1270. The Balaban J connectivity index is 1.79. The average molecular weight is 434 g/mol. The zero-order chi connectivity index (χ0) is 23.4. The van der Waals surface area contributed by atoms with E-state index in [4.69, 9.17) is 5.11 Å². The summed E-state index contributed by atoms with van der Waals surface area (Å²) >= 11 is 0. The molecule has 0 atom stereocenters. The van der Waals surface area contributed by atoms with E-state index >= 15 is 0 Å². The summed E-state index contributed by atoms with van der Waals surface area (Å²) in [7, 11) is 0. The highest BCUT2D eigenvalue weighted by Crippen LogP contribution is 2.19. The van der Waals surface area contributed by atoms with E-state index in [2.05, 4.69) is 5.32 Å². The van der Waals surface area contributed by atoms with Crippen molar-refractivity contribution in [3.63, 3.8) is 0 Å². The van der Waals surface area contributed by atoms with Crippen LogP contribution in [0, 0.1) is 10.1 Å². The average Bonchev–Trinajstić information content (AvgIpc) is 2.78. The van der Waals surface area contributed by atoms with Gasteiger partial charge in [0.1, 0.15) is 0 Å². The number of nitro benzene ring substituents is 1. The maximum absolute atomic E-state index is 12.7. The van der Waals surface area contributed by atoms with Crippen LogP contribution in [0.4, 0.5) is 11.4 Å². The Morgan fingerprint density at radius 3 is 1.97 bits per heavy atom. The lowest BCUT2D eigenvalue weighted by Crippen LogP contribution is -2.12. The summed E-state index contributed by atoms with van der Waals surface area (Å²) in [4.78, 5) is 57.7. The van der Waals surface area contributed by atoms with Crippen LogP contribution in [0.3, 0.4) is 0 Å². The first-order valence-corrected chi connectivity index (χ1v) is 8.98. The first-order chi connectivity index (χ1) is 15.2. The van der Waals surface area contributed by atoms with Crippen molar-refractivity contribution in [3.05, 3.63) is 105 Å². The van der Waals surface area contributed by atoms with E-state index < -0.39 is 39.7 Å². The fraction of sp³-hybridized carbons (Fsp3) is 0. The molecule has 3 N–H and O–H groups in total. The van der Waals surface area contributed by atoms with Crippen LogP contribution >= 0.6 is 0 Å². The minimum atomic E-state index is -1.48. The largest absolute Gasteiger partial charge is 0.478 e. The van der Waals surface area contributed by atoms with Crippen LogP contribution in [-0.4, -0.2) is 38.8 Å². The molecule has 0 aliphatic rings. The van der Waals surface area contributed by atoms with Crippen LogP contribution in [0.2, 0.25) is 0 Å². The van der Waals surface area contributed by atoms with E-state index in [0.717, 1.165) is 18.2 Å². The van der Waals surface area contributed by atoms with E-state index in [9.17, 15) is 34.4 Å². The topological polar surface area (TPSA) is 164 Å². The van der Waals surface area contributed by atoms with Gasteiger partial charge < -0.3 is 15.5 Å². The first kappa shape index (κ1) is 21.8. The third-order valence-corrected chi connectivity index (χ3v) is 4.47. The highest BCUT2D eigenvalue weighted by atomic mass is 16.6. The lowest BCUT2D eigenvalue weighted by atomic mass is 9.98. The predicted molar refractivity (Wildman–Crippen MR) is 111 cm³/mol. The summed E-state index contributed by atoms with van der Waals surface area (Å²) in [6.07, 6.45) is 0. The van der Waals surface area contributed by atoms with Gasteiger partial charge in [0.05, 0.1) is 16.1 Å². The van der Waals surface area contributed by atoms with E-state index in [1.165, 1.54) is 48.5 Å². The number of amides is 1. The molecule has 160 valence electrons. The molecule has 32 heavy (non-hydrogen) atoms. The van der Waals surface area contributed by atoms with Gasteiger partial charge in [0.2, 0.25) is 0 Å². The van der Waals surface area contributed by atoms with E-state index in [-0.39, 0.29) is 22.4 Å². The zero-order valence-electron chi connectivity index (χ0n) is 16.1. The molecule has 0 aromatic heterocycles. The quantitative estimate of drug-likeness (QED) is 0.289. The van der Waals surface area contributed by atoms with E-state index in [1.54, 1.807) is 0 Å². The molecule has 1 amide bonds. The number of anilines is 1. The molecule has 0 spiro atoms. The minimum absolute atomic E-state index is 0.0132. The predicted octanol–water partition coefficient (Wildman–Crippen LogP) is 3.47. The molecule has 0 unspecified atom stereocenters. The van der Waals surface area contributed by atoms with Crippen LogP contribution in [-0.2, 0) is 0 Å². The molecule has 0 heterocycles. The molecule has 0 radical (unpaired) electrons.